The van der Waals surface area contributed by atoms with E-state index in [-0.39, 0.29) is 12.0 Å². The SMILES string of the molecule is C=C(C)C(=O)OC(C)OC(CC)S(=O)(=O)O. The summed E-state index contributed by atoms with van der Waals surface area (Å²) in [4.78, 5) is 11.1. The van der Waals surface area contributed by atoms with Gasteiger partial charge in [-0.1, -0.05) is 13.5 Å². The van der Waals surface area contributed by atoms with Crippen molar-refractivity contribution in [3.63, 3.8) is 0 Å². The summed E-state index contributed by atoms with van der Waals surface area (Å²) in [6.45, 7) is 7.69. The Kier molecular flexibility index (Phi) is 5.63. The van der Waals surface area contributed by atoms with Gasteiger partial charge in [0.1, 0.15) is 0 Å². The van der Waals surface area contributed by atoms with Gasteiger partial charge in [0.05, 0.1) is 0 Å². The van der Waals surface area contributed by atoms with Crippen LogP contribution < -0.4 is 0 Å². The van der Waals surface area contributed by atoms with E-state index in [2.05, 4.69) is 6.58 Å². The molecule has 0 aliphatic rings. The van der Waals surface area contributed by atoms with E-state index in [1.54, 1.807) is 0 Å². The first-order valence-corrected chi connectivity index (χ1v) is 6.17. The Labute approximate surface area is 95.0 Å². The van der Waals surface area contributed by atoms with E-state index >= 15 is 0 Å². The van der Waals surface area contributed by atoms with Gasteiger partial charge in [0.15, 0.2) is 5.44 Å². The summed E-state index contributed by atoms with van der Waals surface area (Å²) in [5.74, 6) is -0.683. The van der Waals surface area contributed by atoms with Gasteiger partial charge in [-0.05, 0) is 20.3 Å². The Morgan fingerprint density at radius 2 is 2.00 bits per heavy atom. The number of carbonyl (C=O) groups is 1. The lowest BCUT2D eigenvalue weighted by Crippen LogP contribution is -2.30. The molecule has 16 heavy (non-hydrogen) atoms. The minimum Gasteiger partial charge on any atom is -0.433 e. The van der Waals surface area contributed by atoms with Gasteiger partial charge in [0, 0.05) is 5.57 Å². The average molecular weight is 252 g/mol. The normalized spacial score (nSPS) is 15.2. The lowest BCUT2D eigenvalue weighted by atomic mass is 10.4. The lowest BCUT2D eigenvalue weighted by molar-refractivity contribution is -0.173. The summed E-state index contributed by atoms with van der Waals surface area (Å²) in [6.07, 6.45) is -1.02. The molecule has 0 spiro atoms. The maximum atomic E-state index is 11.1. The Morgan fingerprint density at radius 3 is 2.31 bits per heavy atom. The molecule has 2 unspecified atom stereocenters. The van der Waals surface area contributed by atoms with Gasteiger partial charge in [-0.2, -0.15) is 8.42 Å². The van der Waals surface area contributed by atoms with Crippen molar-refractivity contribution in [2.24, 2.45) is 0 Å². The van der Waals surface area contributed by atoms with Gasteiger partial charge in [0.2, 0.25) is 6.29 Å². The van der Waals surface area contributed by atoms with Gasteiger partial charge >= 0.3 is 5.97 Å². The summed E-state index contributed by atoms with van der Waals surface area (Å²) < 4.78 is 39.9. The summed E-state index contributed by atoms with van der Waals surface area (Å²) >= 11 is 0. The molecule has 7 heteroatoms. The van der Waals surface area contributed by atoms with Gasteiger partial charge < -0.3 is 9.47 Å². The molecule has 0 aromatic heterocycles. The second kappa shape index (κ2) is 5.97. The molecule has 0 aromatic rings. The van der Waals surface area contributed by atoms with Crippen molar-refractivity contribution in [1.29, 1.82) is 0 Å². The number of ether oxygens (including phenoxy) is 2. The Morgan fingerprint density at radius 1 is 1.50 bits per heavy atom. The van der Waals surface area contributed by atoms with E-state index in [0.29, 0.717) is 0 Å². The van der Waals surface area contributed by atoms with Crippen LogP contribution in [0.25, 0.3) is 0 Å². The number of esters is 1. The maximum Gasteiger partial charge on any atom is 0.335 e. The number of hydrogen-bond acceptors (Lipinski definition) is 5. The molecule has 0 aliphatic heterocycles. The molecule has 0 amide bonds. The van der Waals surface area contributed by atoms with E-state index in [1.165, 1.54) is 20.8 Å². The van der Waals surface area contributed by atoms with Gasteiger partial charge in [0.25, 0.3) is 10.1 Å². The molecule has 0 rings (SSSR count). The van der Waals surface area contributed by atoms with Crippen LogP contribution in [0.1, 0.15) is 27.2 Å². The molecule has 6 nitrogen and oxygen atoms in total. The molecule has 0 fully saturated rings. The van der Waals surface area contributed by atoms with Crippen LogP contribution in [0.15, 0.2) is 12.2 Å². The summed E-state index contributed by atoms with van der Waals surface area (Å²) in [5.41, 5.74) is -1.23. The highest BCUT2D eigenvalue weighted by Crippen LogP contribution is 2.10. The first-order valence-electron chi connectivity index (χ1n) is 4.66. The van der Waals surface area contributed by atoms with Gasteiger partial charge in [-0.15, -0.1) is 0 Å². The van der Waals surface area contributed by atoms with Crippen molar-refractivity contribution in [2.45, 2.75) is 38.9 Å². The minimum atomic E-state index is -4.30. The molecule has 0 saturated heterocycles. The van der Waals surface area contributed by atoms with Crippen molar-refractivity contribution >= 4 is 16.1 Å². The second-order valence-electron chi connectivity index (χ2n) is 3.24. The van der Waals surface area contributed by atoms with Crippen molar-refractivity contribution in [3.05, 3.63) is 12.2 Å². The predicted octanol–water partition coefficient (Wildman–Crippen LogP) is 1.09. The van der Waals surface area contributed by atoms with Crippen LogP contribution in [-0.2, 0) is 24.4 Å². The van der Waals surface area contributed by atoms with E-state index < -0.39 is 27.8 Å². The quantitative estimate of drug-likeness (QED) is 0.329. The average Bonchev–Trinajstić information content (AvgIpc) is 2.11. The van der Waals surface area contributed by atoms with Crippen molar-refractivity contribution < 1.29 is 27.2 Å². The van der Waals surface area contributed by atoms with Crippen LogP contribution >= 0.6 is 0 Å². The zero-order chi connectivity index (χ0) is 12.9. The van der Waals surface area contributed by atoms with E-state index in [4.69, 9.17) is 14.0 Å². The smallest absolute Gasteiger partial charge is 0.335 e. The molecular formula is C9H16O6S. The minimum absolute atomic E-state index is 0.0494. The fraction of sp³-hybridized carbons (Fsp3) is 0.667. The molecule has 94 valence electrons. The molecule has 0 aromatic carbocycles. The molecule has 0 aliphatic carbocycles. The monoisotopic (exact) mass is 252 g/mol. The molecule has 0 radical (unpaired) electrons. The Balaban J connectivity index is 4.39. The van der Waals surface area contributed by atoms with Crippen LogP contribution in [-0.4, -0.2) is 30.7 Å². The summed E-state index contributed by atoms with van der Waals surface area (Å²) in [5, 5.41) is 0. The molecule has 0 bridgehead atoms. The number of carbonyl (C=O) groups excluding carboxylic acids is 1. The first-order chi connectivity index (χ1) is 7.18. The van der Waals surface area contributed by atoms with Crippen molar-refractivity contribution in [1.82, 2.24) is 0 Å². The van der Waals surface area contributed by atoms with Crippen LogP contribution in [0.5, 0.6) is 0 Å². The third kappa shape index (κ3) is 5.24. The maximum absolute atomic E-state index is 11.1. The topological polar surface area (TPSA) is 89.9 Å². The highest BCUT2D eigenvalue weighted by molar-refractivity contribution is 7.86. The molecule has 0 heterocycles. The Bertz CT molecular complexity index is 358. The Hall–Kier alpha value is -0.920. The zero-order valence-electron chi connectivity index (χ0n) is 9.47. The molecule has 0 saturated carbocycles. The predicted molar refractivity (Wildman–Crippen MR) is 57.1 cm³/mol. The second-order valence-corrected chi connectivity index (χ2v) is 4.80. The van der Waals surface area contributed by atoms with Crippen molar-refractivity contribution in [3.8, 4) is 0 Å². The zero-order valence-corrected chi connectivity index (χ0v) is 10.3. The van der Waals surface area contributed by atoms with Gasteiger partial charge in [-0.3, -0.25) is 4.55 Å². The van der Waals surface area contributed by atoms with E-state index in [1.807, 2.05) is 0 Å². The number of rotatable bonds is 6. The fourth-order valence-corrected chi connectivity index (χ4v) is 1.59. The van der Waals surface area contributed by atoms with Crippen molar-refractivity contribution in [2.75, 3.05) is 0 Å². The number of hydrogen-bond donors (Lipinski definition) is 1. The van der Waals surface area contributed by atoms with Crippen LogP contribution in [0.2, 0.25) is 0 Å². The summed E-state index contributed by atoms with van der Waals surface area (Å²) in [6, 6.07) is 0. The highest BCUT2D eigenvalue weighted by atomic mass is 32.2. The third-order valence-electron chi connectivity index (χ3n) is 1.63. The van der Waals surface area contributed by atoms with Gasteiger partial charge in [-0.25, -0.2) is 4.79 Å². The van der Waals surface area contributed by atoms with E-state index in [9.17, 15) is 13.2 Å². The first kappa shape index (κ1) is 15.1. The molecule has 1 N–H and O–H groups in total. The van der Waals surface area contributed by atoms with Crippen LogP contribution in [0.4, 0.5) is 0 Å². The van der Waals surface area contributed by atoms with Crippen LogP contribution in [0, 0.1) is 0 Å². The van der Waals surface area contributed by atoms with E-state index in [0.717, 1.165) is 0 Å². The summed E-state index contributed by atoms with van der Waals surface area (Å²) in [7, 11) is -4.30. The molecular weight excluding hydrogens is 236 g/mol. The third-order valence-corrected chi connectivity index (χ3v) is 2.74. The lowest BCUT2D eigenvalue weighted by Gasteiger charge is -2.19. The molecule has 2 atom stereocenters. The largest absolute Gasteiger partial charge is 0.433 e. The van der Waals surface area contributed by atoms with Crippen LogP contribution in [0.3, 0.4) is 0 Å². The standard InChI is InChI=1S/C9H16O6S/c1-5-8(16(11,12)13)14-7(4)15-9(10)6(2)3/h7-8H,2,5H2,1,3-4H3,(H,11,12,13). The highest BCUT2D eigenvalue weighted by Gasteiger charge is 2.25. The fourth-order valence-electron chi connectivity index (χ4n) is 0.870.